The number of hydrogen-bond acceptors (Lipinski definition) is 9. The Bertz CT molecular complexity index is 1930. The highest BCUT2D eigenvalue weighted by Crippen LogP contribution is 2.28. The first-order valence-electron chi connectivity index (χ1n) is 15.3. The van der Waals surface area contributed by atoms with Crippen molar-refractivity contribution in [3.8, 4) is 0 Å². The number of sulfonamides is 2. The maximum Gasteiger partial charge on any atom is 0.343 e. The van der Waals surface area contributed by atoms with Crippen LogP contribution in [0.15, 0.2) is 94.7 Å². The van der Waals surface area contributed by atoms with Gasteiger partial charge in [-0.1, -0.05) is 92.2 Å². The lowest BCUT2D eigenvalue weighted by Crippen LogP contribution is -2.53. The van der Waals surface area contributed by atoms with Crippen molar-refractivity contribution in [3.05, 3.63) is 84.9 Å². The molecule has 4 rings (SSSR count). The number of rotatable bonds is 16. The average Bonchev–Trinajstić information content (AvgIpc) is 3.06. The molecule has 0 aromatic heterocycles. The zero-order valence-corrected chi connectivity index (χ0v) is 28.0. The van der Waals surface area contributed by atoms with Gasteiger partial charge in [0.15, 0.2) is 0 Å². The molecule has 0 heterocycles. The predicted octanol–water partition coefficient (Wildman–Crippen LogP) is 3.68. The Morgan fingerprint density at radius 3 is 1.83 bits per heavy atom. The quantitative estimate of drug-likeness (QED) is 0.0770. The number of nitrogens with two attached hydrogens (primary N) is 2. The number of benzene rings is 4. The average molecular weight is 684 g/mol. The first-order chi connectivity index (χ1) is 22.4. The van der Waals surface area contributed by atoms with E-state index in [1.165, 1.54) is 12.1 Å². The number of carbonyl (C=O) groups is 1. The predicted molar refractivity (Wildman–Crippen MR) is 181 cm³/mol. The molecule has 47 heavy (non-hydrogen) atoms. The summed E-state index contributed by atoms with van der Waals surface area (Å²) in [6, 6.07) is 22.9. The van der Waals surface area contributed by atoms with E-state index in [2.05, 4.69) is 5.59 Å². The van der Waals surface area contributed by atoms with Gasteiger partial charge in [0.05, 0.1) is 9.79 Å². The van der Waals surface area contributed by atoms with E-state index in [1.807, 2.05) is 31.2 Å². The zero-order chi connectivity index (χ0) is 34.2. The van der Waals surface area contributed by atoms with Gasteiger partial charge < -0.3 is 16.3 Å². The Balaban J connectivity index is 1.43. The smallest absolute Gasteiger partial charge is 0.343 e. The summed E-state index contributed by atoms with van der Waals surface area (Å²) in [5, 5.41) is 11.9. The number of carbonyl (C=O) groups excluding carboxylic acids is 1. The fourth-order valence-corrected chi connectivity index (χ4v) is 8.46. The largest absolute Gasteiger partial charge is 0.369 e. The highest BCUT2D eigenvalue weighted by Gasteiger charge is 2.32. The van der Waals surface area contributed by atoms with E-state index in [4.69, 9.17) is 21.7 Å². The van der Waals surface area contributed by atoms with Crippen molar-refractivity contribution >= 4 is 53.5 Å². The van der Waals surface area contributed by atoms with Gasteiger partial charge in [-0.15, -0.1) is 8.83 Å². The molecule has 0 aliphatic heterocycles. The van der Waals surface area contributed by atoms with Crippen LogP contribution in [0, 0.1) is 5.41 Å². The standard InChI is InChI=1S/C32H41N7O6S2/c1-3-21-38(46(41,42)29-19-9-14-24-12-5-7-16-26(24)29)36-45-31(40)28(33)18-11-23-37(32(34)35)39(22-4-2)47(43,44)30-20-10-15-25-13-6-8-17-27(25)30/h5-10,12-17,19-20,28,36H,3-4,11,18,21-23,33H2,1-2H3,(H3,34,35)/t28-/m0/s1. The normalized spacial score (nSPS) is 12.9. The van der Waals surface area contributed by atoms with E-state index in [1.54, 1.807) is 55.5 Å². The third kappa shape index (κ3) is 8.06. The first-order valence-corrected chi connectivity index (χ1v) is 18.2. The number of hydrogen-bond donors (Lipinski definition) is 4. The van der Waals surface area contributed by atoms with Crippen LogP contribution in [0.2, 0.25) is 0 Å². The Morgan fingerprint density at radius 2 is 1.30 bits per heavy atom. The molecule has 0 fully saturated rings. The fourth-order valence-electron chi connectivity index (χ4n) is 5.16. The molecule has 15 heteroatoms. The molecule has 0 aliphatic carbocycles. The maximum absolute atomic E-state index is 13.9. The summed E-state index contributed by atoms with van der Waals surface area (Å²) in [4.78, 5) is 18.1. The van der Waals surface area contributed by atoms with Crippen molar-refractivity contribution in [1.82, 2.24) is 19.4 Å². The lowest BCUT2D eigenvalue weighted by atomic mass is 10.1. The van der Waals surface area contributed by atoms with Crippen LogP contribution in [0.25, 0.3) is 21.5 Å². The first kappa shape index (κ1) is 35.7. The molecule has 0 unspecified atom stereocenters. The molecule has 6 N–H and O–H groups in total. The highest BCUT2D eigenvalue weighted by molar-refractivity contribution is 7.89. The van der Waals surface area contributed by atoms with Gasteiger partial charge in [-0.2, -0.15) is 0 Å². The number of fused-ring (bicyclic) bond motifs is 2. The van der Waals surface area contributed by atoms with Gasteiger partial charge in [-0.3, -0.25) is 10.4 Å². The minimum atomic E-state index is -4.13. The van der Waals surface area contributed by atoms with Gasteiger partial charge >= 0.3 is 5.97 Å². The summed E-state index contributed by atoms with van der Waals surface area (Å²) in [7, 11) is -8.25. The van der Waals surface area contributed by atoms with Crippen molar-refractivity contribution in [3.63, 3.8) is 0 Å². The molecule has 0 spiro atoms. The summed E-state index contributed by atoms with van der Waals surface area (Å²) in [5.41, 5.74) is 14.2. The van der Waals surface area contributed by atoms with Crippen molar-refractivity contribution in [2.45, 2.75) is 55.4 Å². The molecule has 0 amide bonds. The molecule has 252 valence electrons. The molecule has 0 aliphatic rings. The maximum atomic E-state index is 13.9. The molecule has 4 aromatic rings. The van der Waals surface area contributed by atoms with Gasteiger partial charge in [0.1, 0.15) is 6.04 Å². The van der Waals surface area contributed by atoms with Crippen LogP contribution in [0.4, 0.5) is 0 Å². The number of nitrogens with one attached hydrogen (secondary N) is 2. The van der Waals surface area contributed by atoms with E-state index < -0.39 is 38.0 Å². The lowest BCUT2D eigenvalue weighted by Gasteiger charge is -2.34. The lowest BCUT2D eigenvalue weighted by molar-refractivity contribution is -0.161. The van der Waals surface area contributed by atoms with Crippen molar-refractivity contribution in [2.75, 3.05) is 19.6 Å². The van der Waals surface area contributed by atoms with Crippen molar-refractivity contribution < 1.29 is 26.5 Å². The number of hydrazine groups is 2. The van der Waals surface area contributed by atoms with Crippen LogP contribution in [-0.4, -0.2) is 68.3 Å². The Morgan fingerprint density at radius 1 is 0.787 bits per heavy atom. The molecule has 0 saturated heterocycles. The van der Waals surface area contributed by atoms with Crippen LogP contribution >= 0.6 is 0 Å². The minimum absolute atomic E-state index is 0.0140. The molecule has 0 bridgehead atoms. The van der Waals surface area contributed by atoms with Crippen molar-refractivity contribution in [1.29, 1.82) is 5.41 Å². The third-order valence-electron chi connectivity index (χ3n) is 7.45. The Hall–Kier alpha value is -4.12. The summed E-state index contributed by atoms with van der Waals surface area (Å²) in [6.07, 6.45) is 1.06. The van der Waals surface area contributed by atoms with Crippen LogP contribution in [0.5, 0.6) is 0 Å². The van der Waals surface area contributed by atoms with Gasteiger partial charge in [0.25, 0.3) is 20.0 Å². The zero-order valence-electron chi connectivity index (χ0n) is 26.4. The topological polar surface area (TPSA) is 192 Å². The van der Waals surface area contributed by atoms with Crippen LogP contribution < -0.4 is 17.1 Å². The van der Waals surface area contributed by atoms with E-state index >= 15 is 0 Å². The molecule has 0 radical (unpaired) electrons. The third-order valence-corrected chi connectivity index (χ3v) is 11.0. The molecule has 0 saturated carbocycles. The number of guanidine groups is 1. The molecular formula is C32H41N7O6S2. The van der Waals surface area contributed by atoms with E-state index in [9.17, 15) is 21.6 Å². The van der Waals surface area contributed by atoms with Gasteiger partial charge in [-0.25, -0.2) is 21.6 Å². The molecular weight excluding hydrogens is 643 g/mol. The van der Waals surface area contributed by atoms with E-state index in [0.717, 1.165) is 24.6 Å². The second kappa shape index (κ2) is 15.6. The molecule has 1 atom stereocenters. The molecule has 4 aromatic carbocycles. The van der Waals surface area contributed by atoms with Gasteiger partial charge in [-0.05, 0) is 48.6 Å². The molecule has 13 nitrogen and oxygen atoms in total. The van der Waals surface area contributed by atoms with Crippen LogP contribution in [-0.2, 0) is 29.7 Å². The van der Waals surface area contributed by atoms with Gasteiger partial charge in [0, 0.05) is 30.4 Å². The summed E-state index contributed by atoms with van der Waals surface area (Å²) < 4.78 is 56.9. The Kier molecular flexibility index (Phi) is 11.9. The summed E-state index contributed by atoms with van der Waals surface area (Å²) in [5.74, 6) is -1.41. The fraction of sp³-hybridized carbons (Fsp3) is 0.312. The van der Waals surface area contributed by atoms with Crippen LogP contribution in [0.1, 0.15) is 39.5 Å². The summed E-state index contributed by atoms with van der Waals surface area (Å²) >= 11 is 0. The monoisotopic (exact) mass is 683 g/mol. The van der Waals surface area contributed by atoms with E-state index in [-0.39, 0.29) is 42.3 Å². The Labute approximate surface area is 275 Å². The van der Waals surface area contributed by atoms with Crippen molar-refractivity contribution in [2.24, 2.45) is 11.5 Å². The highest BCUT2D eigenvalue weighted by atomic mass is 32.2. The SMILES string of the molecule is CCCN(NOC(=O)[C@@H](N)CCCN(C(=N)N)N(CCC)S(=O)(=O)c1cccc2ccccc12)S(=O)(=O)c1cccc2ccccc12. The van der Waals surface area contributed by atoms with Crippen LogP contribution in [0.3, 0.4) is 0 Å². The second-order valence-corrected chi connectivity index (χ2v) is 14.5. The van der Waals surface area contributed by atoms with E-state index in [0.29, 0.717) is 23.6 Å². The number of nitrogens with zero attached hydrogens (tertiary/aromatic N) is 3. The second-order valence-electron chi connectivity index (χ2n) is 10.9. The van der Waals surface area contributed by atoms with Gasteiger partial charge in [0.2, 0.25) is 5.96 Å². The minimum Gasteiger partial charge on any atom is -0.369 e. The summed E-state index contributed by atoms with van der Waals surface area (Å²) in [6.45, 7) is 3.63.